The smallest absolute Gasteiger partial charge is 0.251 e. The SMILES string of the molecule is COc1cc(OC)cc(C(=O)NC[C@@H](c2ccc(F)cc2)[NH+]2CCOCC2)c1. The summed E-state index contributed by atoms with van der Waals surface area (Å²) in [6.07, 6.45) is 0. The van der Waals surface area contributed by atoms with Gasteiger partial charge in [0.05, 0.1) is 34.0 Å². The van der Waals surface area contributed by atoms with Crippen LogP contribution in [0.2, 0.25) is 0 Å². The van der Waals surface area contributed by atoms with Gasteiger partial charge in [-0.2, -0.15) is 0 Å². The summed E-state index contributed by atoms with van der Waals surface area (Å²) in [7, 11) is 3.09. The number of methoxy groups -OCH3 is 2. The minimum Gasteiger partial charge on any atom is -0.497 e. The van der Waals surface area contributed by atoms with E-state index in [0.29, 0.717) is 36.8 Å². The molecule has 1 aliphatic heterocycles. The number of ether oxygens (including phenoxy) is 3. The van der Waals surface area contributed by atoms with Crippen molar-refractivity contribution in [3.05, 3.63) is 59.4 Å². The molecular formula is C21H26FN2O4+. The molecule has 0 bridgehead atoms. The summed E-state index contributed by atoms with van der Waals surface area (Å²) in [6.45, 7) is 3.46. The van der Waals surface area contributed by atoms with Crippen LogP contribution >= 0.6 is 0 Å². The number of amides is 1. The van der Waals surface area contributed by atoms with Gasteiger partial charge in [-0.1, -0.05) is 12.1 Å². The van der Waals surface area contributed by atoms with E-state index in [1.54, 1.807) is 44.6 Å². The minimum atomic E-state index is -0.271. The molecule has 1 amide bonds. The van der Waals surface area contributed by atoms with E-state index in [9.17, 15) is 9.18 Å². The number of rotatable bonds is 7. The van der Waals surface area contributed by atoms with Crippen LogP contribution < -0.4 is 19.7 Å². The number of benzene rings is 2. The van der Waals surface area contributed by atoms with E-state index < -0.39 is 0 Å². The van der Waals surface area contributed by atoms with Gasteiger partial charge in [-0.15, -0.1) is 0 Å². The van der Waals surface area contributed by atoms with Crippen LogP contribution in [0.5, 0.6) is 11.5 Å². The second-order valence-electron chi connectivity index (χ2n) is 6.69. The number of hydrogen-bond acceptors (Lipinski definition) is 4. The van der Waals surface area contributed by atoms with Gasteiger partial charge in [0.15, 0.2) is 0 Å². The summed E-state index contributed by atoms with van der Waals surface area (Å²) in [5, 5.41) is 3.01. The van der Waals surface area contributed by atoms with Crippen molar-refractivity contribution in [3.63, 3.8) is 0 Å². The van der Waals surface area contributed by atoms with Crippen molar-refractivity contribution in [2.75, 3.05) is 47.1 Å². The Bertz CT molecular complexity index is 769. The molecule has 2 N–H and O–H groups in total. The second-order valence-corrected chi connectivity index (χ2v) is 6.69. The van der Waals surface area contributed by atoms with Gasteiger partial charge in [0.25, 0.3) is 5.91 Å². The Morgan fingerprint density at radius 2 is 1.71 bits per heavy atom. The zero-order valence-electron chi connectivity index (χ0n) is 16.2. The number of morpholine rings is 1. The molecule has 2 aromatic carbocycles. The first-order valence-corrected chi connectivity index (χ1v) is 9.29. The van der Waals surface area contributed by atoms with Gasteiger partial charge in [-0.25, -0.2) is 4.39 Å². The number of quaternary nitrogens is 1. The Balaban J connectivity index is 1.75. The number of carbonyl (C=O) groups excluding carboxylic acids is 1. The Morgan fingerprint density at radius 3 is 2.29 bits per heavy atom. The molecule has 6 nitrogen and oxygen atoms in total. The first kappa shape index (κ1) is 20.1. The summed E-state index contributed by atoms with van der Waals surface area (Å²) in [6, 6.07) is 11.6. The van der Waals surface area contributed by atoms with Crippen molar-refractivity contribution in [1.29, 1.82) is 0 Å². The molecule has 0 radical (unpaired) electrons. The molecule has 0 saturated carbocycles. The average Bonchev–Trinajstić information content (AvgIpc) is 2.75. The maximum atomic E-state index is 13.4. The Morgan fingerprint density at radius 1 is 1.11 bits per heavy atom. The summed E-state index contributed by atoms with van der Waals surface area (Å²) in [5.74, 6) is 0.626. The van der Waals surface area contributed by atoms with Crippen LogP contribution in [-0.2, 0) is 4.74 Å². The van der Waals surface area contributed by atoms with E-state index in [-0.39, 0.29) is 17.8 Å². The highest BCUT2D eigenvalue weighted by atomic mass is 19.1. The fraction of sp³-hybridized carbons (Fsp3) is 0.381. The van der Waals surface area contributed by atoms with Gasteiger partial charge >= 0.3 is 0 Å². The molecule has 0 spiro atoms. The number of hydrogen-bond donors (Lipinski definition) is 2. The Kier molecular flexibility index (Phi) is 6.84. The van der Waals surface area contributed by atoms with Crippen molar-refractivity contribution in [1.82, 2.24) is 5.32 Å². The third kappa shape index (κ3) is 4.99. The summed E-state index contributed by atoms with van der Waals surface area (Å²) in [5.41, 5.74) is 1.45. The van der Waals surface area contributed by atoms with Crippen LogP contribution in [0.25, 0.3) is 0 Å². The lowest BCUT2D eigenvalue weighted by Crippen LogP contribution is -3.15. The van der Waals surface area contributed by atoms with Crippen LogP contribution in [0.15, 0.2) is 42.5 Å². The molecule has 7 heteroatoms. The highest BCUT2D eigenvalue weighted by Gasteiger charge is 2.27. The number of carbonyl (C=O) groups is 1. The Labute approximate surface area is 164 Å². The topological polar surface area (TPSA) is 61.2 Å². The zero-order valence-corrected chi connectivity index (χ0v) is 16.2. The quantitative estimate of drug-likeness (QED) is 0.748. The summed E-state index contributed by atoms with van der Waals surface area (Å²) >= 11 is 0. The molecule has 0 unspecified atom stereocenters. The average molecular weight is 389 g/mol. The highest BCUT2D eigenvalue weighted by Crippen LogP contribution is 2.22. The molecule has 150 valence electrons. The van der Waals surface area contributed by atoms with E-state index in [1.807, 2.05) is 0 Å². The monoisotopic (exact) mass is 389 g/mol. The minimum absolute atomic E-state index is 0.0148. The first-order valence-electron chi connectivity index (χ1n) is 9.29. The molecule has 28 heavy (non-hydrogen) atoms. The fourth-order valence-corrected chi connectivity index (χ4v) is 3.41. The lowest BCUT2D eigenvalue weighted by Gasteiger charge is -2.32. The van der Waals surface area contributed by atoms with Crippen molar-refractivity contribution < 1.29 is 28.3 Å². The standard InChI is InChI=1S/C21H25FN2O4/c1-26-18-11-16(12-19(13-18)27-2)21(25)23-14-20(24-7-9-28-10-8-24)15-3-5-17(22)6-4-15/h3-6,11-13,20H,7-10,14H2,1-2H3,(H,23,25)/p+1/t20-/m0/s1. The van der Waals surface area contributed by atoms with Gasteiger partial charge in [0.2, 0.25) is 0 Å². The van der Waals surface area contributed by atoms with Gasteiger partial charge in [0, 0.05) is 17.2 Å². The predicted molar refractivity (Wildman–Crippen MR) is 103 cm³/mol. The molecule has 0 aromatic heterocycles. The summed E-state index contributed by atoms with van der Waals surface area (Å²) < 4.78 is 29.3. The van der Waals surface area contributed by atoms with Crippen molar-refractivity contribution in [2.45, 2.75) is 6.04 Å². The maximum Gasteiger partial charge on any atom is 0.251 e. The van der Waals surface area contributed by atoms with Gasteiger partial charge < -0.3 is 24.4 Å². The van der Waals surface area contributed by atoms with Crippen molar-refractivity contribution in [3.8, 4) is 11.5 Å². The molecule has 3 rings (SSSR count). The van der Waals surface area contributed by atoms with Crippen LogP contribution in [0, 0.1) is 5.82 Å². The van der Waals surface area contributed by atoms with E-state index in [4.69, 9.17) is 14.2 Å². The second kappa shape index (κ2) is 9.52. The molecule has 1 aliphatic rings. The maximum absolute atomic E-state index is 13.4. The molecule has 1 saturated heterocycles. The van der Waals surface area contributed by atoms with Crippen LogP contribution in [-0.4, -0.2) is 53.0 Å². The van der Waals surface area contributed by atoms with E-state index in [2.05, 4.69) is 5.32 Å². The van der Waals surface area contributed by atoms with E-state index in [0.717, 1.165) is 18.7 Å². The number of halogens is 1. The lowest BCUT2D eigenvalue weighted by molar-refractivity contribution is -0.937. The molecule has 0 aliphatic carbocycles. The normalized spacial score (nSPS) is 15.7. The Hall–Kier alpha value is -2.64. The molecular weight excluding hydrogens is 363 g/mol. The van der Waals surface area contributed by atoms with Gasteiger partial charge in [-0.05, 0) is 24.3 Å². The fourth-order valence-electron chi connectivity index (χ4n) is 3.41. The van der Waals surface area contributed by atoms with Gasteiger partial charge in [0.1, 0.15) is 36.4 Å². The van der Waals surface area contributed by atoms with E-state index >= 15 is 0 Å². The molecule has 1 fully saturated rings. The summed E-state index contributed by atoms with van der Waals surface area (Å²) in [4.78, 5) is 14.0. The van der Waals surface area contributed by atoms with Crippen LogP contribution in [0.1, 0.15) is 22.0 Å². The number of nitrogens with one attached hydrogen (secondary N) is 2. The van der Waals surface area contributed by atoms with Gasteiger partial charge in [-0.3, -0.25) is 4.79 Å². The molecule has 1 heterocycles. The predicted octanol–water partition coefficient (Wildman–Crippen LogP) is 1.23. The lowest BCUT2D eigenvalue weighted by atomic mass is 10.0. The largest absolute Gasteiger partial charge is 0.497 e. The third-order valence-electron chi connectivity index (χ3n) is 4.98. The molecule has 1 atom stereocenters. The van der Waals surface area contributed by atoms with Crippen molar-refractivity contribution >= 4 is 5.91 Å². The van der Waals surface area contributed by atoms with Crippen LogP contribution in [0.4, 0.5) is 4.39 Å². The zero-order chi connectivity index (χ0) is 19.9. The third-order valence-corrected chi connectivity index (χ3v) is 4.98. The highest BCUT2D eigenvalue weighted by molar-refractivity contribution is 5.95. The van der Waals surface area contributed by atoms with Crippen LogP contribution in [0.3, 0.4) is 0 Å². The first-order chi connectivity index (χ1) is 13.6. The molecule has 2 aromatic rings. The van der Waals surface area contributed by atoms with E-state index in [1.165, 1.54) is 17.0 Å². The van der Waals surface area contributed by atoms with Crippen molar-refractivity contribution in [2.24, 2.45) is 0 Å².